The van der Waals surface area contributed by atoms with E-state index >= 15 is 0 Å². The second-order valence-electron chi connectivity index (χ2n) is 6.34. The highest BCUT2D eigenvalue weighted by molar-refractivity contribution is 6.30. The Morgan fingerprint density at radius 3 is 2.62 bits per heavy atom. The van der Waals surface area contributed by atoms with Crippen LogP contribution in [0.5, 0.6) is 0 Å². The minimum absolute atomic E-state index is 0.0592. The van der Waals surface area contributed by atoms with Crippen LogP contribution in [0.15, 0.2) is 65.9 Å². The molecule has 29 heavy (non-hydrogen) atoms. The van der Waals surface area contributed by atoms with Crippen molar-refractivity contribution in [3.63, 3.8) is 0 Å². The van der Waals surface area contributed by atoms with Gasteiger partial charge in [-0.1, -0.05) is 41.9 Å². The molecule has 1 aliphatic heterocycles. The molecular weight excluding hydrogens is 396 g/mol. The molecule has 0 radical (unpaired) electrons. The number of rotatable bonds is 4. The van der Waals surface area contributed by atoms with Gasteiger partial charge in [0.15, 0.2) is 5.94 Å². The molecule has 1 aliphatic rings. The highest BCUT2D eigenvalue weighted by atomic mass is 35.5. The van der Waals surface area contributed by atoms with Crippen molar-refractivity contribution in [2.75, 3.05) is 7.11 Å². The molecule has 3 N–H and O–H groups in total. The largest absolute Gasteiger partial charge is 0.442 e. The summed E-state index contributed by atoms with van der Waals surface area (Å²) >= 11 is 5.96. The molecular formula is C21H15ClN2O5. The highest BCUT2D eigenvalue weighted by Gasteiger charge is 2.50. The van der Waals surface area contributed by atoms with Crippen LogP contribution in [0.4, 0.5) is 0 Å². The Morgan fingerprint density at radius 2 is 1.97 bits per heavy atom. The fourth-order valence-electron chi connectivity index (χ4n) is 3.37. The smallest absolute Gasteiger partial charge is 0.280 e. The molecule has 7 nitrogen and oxygen atoms in total. The summed E-state index contributed by atoms with van der Waals surface area (Å²) in [4.78, 5) is 32.1. The van der Waals surface area contributed by atoms with Gasteiger partial charge < -0.3 is 14.8 Å². The van der Waals surface area contributed by atoms with Crippen LogP contribution in [0.3, 0.4) is 0 Å². The van der Waals surface area contributed by atoms with Gasteiger partial charge in [-0.25, -0.2) is 10.3 Å². The van der Waals surface area contributed by atoms with Crippen LogP contribution in [0.2, 0.25) is 5.02 Å². The number of halogens is 1. The predicted octanol–water partition coefficient (Wildman–Crippen LogP) is 2.84. The van der Waals surface area contributed by atoms with Crippen molar-refractivity contribution < 1.29 is 24.3 Å². The summed E-state index contributed by atoms with van der Waals surface area (Å²) in [5, 5.41) is 12.8. The number of aromatic amines is 1. The van der Waals surface area contributed by atoms with E-state index in [9.17, 15) is 14.7 Å². The lowest BCUT2D eigenvalue weighted by Crippen LogP contribution is -2.28. The Labute approximate surface area is 170 Å². The second kappa shape index (κ2) is 7.24. The van der Waals surface area contributed by atoms with E-state index in [-0.39, 0.29) is 16.7 Å². The van der Waals surface area contributed by atoms with Crippen molar-refractivity contribution in [2.45, 2.75) is 5.79 Å². The SMILES string of the molecule is CONC(=O)C1=C(c2cc3ccccc3[nH]2)C(O)(c2ccc(Cl)cc2)OC1=C=O. The topological polar surface area (TPSA) is 101 Å². The molecule has 8 heteroatoms. The van der Waals surface area contributed by atoms with Gasteiger partial charge in [0.1, 0.15) is 5.57 Å². The molecule has 0 bridgehead atoms. The maximum absolute atomic E-state index is 12.7. The summed E-state index contributed by atoms with van der Waals surface area (Å²) < 4.78 is 5.56. The maximum atomic E-state index is 12.7. The van der Waals surface area contributed by atoms with Crippen LogP contribution in [0.25, 0.3) is 16.5 Å². The number of ether oxygens (including phenoxy) is 1. The zero-order chi connectivity index (χ0) is 20.6. The molecule has 4 rings (SSSR count). The average Bonchev–Trinajstić information content (AvgIpc) is 3.27. The van der Waals surface area contributed by atoms with E-state index in [1.807, 2.05) is 24.3 Å². The van der Waals surface area contributed by atoms with E-state index in [2.05, 4.69) is 10.5 Å². The second-order valence-corrected chi connectivity index (χ2v) is 6.78. The number of aromatic nitrogens is 1. The lowest BCUT2D eigenvalue weighted by atomic mass is 9.92. The quantitative estimate of drug-likeness (QED) is 0.453. The van der Waals surface area contributed by atoms with Gasteiger partial charge in [-0.3, -0.25) is 9.63 Å². The third-order valence-electron chi connectivity index (χ3n) is 4.62. The lowest BCUT2D eigenvalue weighted by molar-refractivity contribution is -0.128. The summed E-state index contributed by atoms with van der Waals surface area (Å²) in [5.41, 5.74) is 3.49. The molecule has 1 unspecified atom stereocenters. The van der Waals surface area contributed by atoms with Crippen molar-refractivity contribution in [3.8, 4) is 0 Å². The summed E-state index contributed by atoms with van der Waals surface area (Å²) in [6.45, 7) is 0. The molecule has 0 spiro atoms. The van der Waals surface area contributed by atoms with Crippen molar-refractivity contribution in [1.82, 2.24) is 10.5 Å². The average molecular weight is 411 g/mol. The number of hydroxylamine groups is 1. The molecule has 0 aliphatic carbocycles. The Bertz CT molecular complexity index is 1160. The third kappa shape index (κ3) is 3.12. The number of para-hydroxylation sites is 1. The molecule has 1 atom stereocenters. The van der Waals surface area contributed by atoms with Gasteiger partial charge in [-0.2, -0.15) is 0 Å². The minimum Gasteiger partial charge on any atom is -0.442 e. The molecule has 0 saturated carbocycles. The Balaban J connectivity index is 2.01. The normalized spacial score (nSPS) is 18.7. The van der Waals surface area contributed by atoms with Crippen molar-refractivity contribution in [3.05, 3.63) is 82.2 Å². The molecule has 1 aromatic heterocycles. The van der Waals surface area contributed by atoms with Gasteiger partial charge in [0, 0.05) is 16.1 Å². The van der Waals surface area contributed by atoms with Crippen LogP contribution in [-0.2, 0) is 25.0 Å². The Morgan fingerprint density at radius 1 is 1.24 bits per heavy atom. The van der Waals surface area contributed by atoms with E-state index in [4.69, 9.17) is 21.2 Å². The predicted molar refractivity (Wildman–Crippen MR) is 106 cm³/mol. The summed E-state index contributed by atoms with van der Waals surface area (Å²) in [6.07, 6.45) is 0. The zero-order valence-electron chi connectivity index (χ0n) is 15.2. The first-order valence-electron chi connectivity index (χ1n) is 8.57. The fourth-order valence-corrected chi connectivity index (χ4v) is 3.50. The maximum Gasteiger partial charge on any atom is 0.280 e. The van der Waals surface area contributed by atoms with Gasteiger partial charge in [0.2, 0.25) is 5.76 Å². The van der Waals surface area contributed by atoms with E-state index in [1.165, 1.54) is 7.11 Å². The van der Waals surface area contributed by atoms with Crippen molar-refractivity contribution in [1.29, 1.82) is 0 Å². The van der Waals surface area contributed by atoms with Crippen molar-refractivity contribution >= 4 is 39.9 Å². The number of hydrogen-bond acceptors (Lipinski definition) is 5. The fraction of sp³-hybridized carbons (Fsp3) is 0.0952. The van der Waals surface area contributed by atoms with Gasteiger partial charge in [0.05, 0.1) is 18.4 Å². The zero-order valence-corrected chi connectivity index (χ0v) is 15.9. The molecule has 2 aromatic carbocycles. The van der Waals surface area contributed by atoms with E-state index in [0.29, 0.717) is 10.7 Å². The van der Waals surface area contributed by atoms with Crippen molar-refractivity contribution in [2.24, 2.45) is 0 Å². The van der Waals surface area contributed by atoms with Gasteiger partial charge in [-0.05, 0) is 29.7 Å². The Hall–Kier alpha value is -3.35. The molecule has 146 valence electrons. The molecule has 0 fully saturated rings. The summed E-state index contributed by atoms with van der Waals surface area (Å²) in [6, 6.07) is 15.4. The number of aliphatic hydroxyl groups is 1. The van der Waals surface area contributed by atoms with E-state index in [0.717, 1.165) is 10.9 Å². The third-order valence-corrected chi connectivity index (χ3v) is 4.87. The van der Waals surface area contributed by atoms with Gasteiger partial charge >= 0.3 is 0 Å². The number of amides is 1. The highest BCUT2D eigenvalue weighted by Crippen LogP contribution is 2.48. The number of carbonyl (C=O) groups is 1. The van der Waals surface area contributed by atoms with Crippen LogP contribution in [0.1, 0.15) is 11.3 Å². The van der Waals surface area contributed by atoms with Crippen LogP contribution >= 0.6 is 11.6 Å². The van der Waals surface area contributed by atoms with Crippen LogP contribution < -0.4 is 5.48 Å². The first kappa shape index (κ1) is 19.0. The number of nitrogens with one attached hydrogen (secondary N) is 2. The monoisotopic (exact) mass is 410 g/mol. The first-order valence-corrected chi connectivity index (χ1v) is 8.95. The number of H-pyrrole nitrogens is 1. The summed E-state index contributed by atoms with van der Waals surface area (Å²) in [7, 11) is 1.26. The van der Waals surface area contributed by atoms with E-state index in [1.54, 1.807) is 36.3 Å². The molecule has 3 aromatic rings. The van der Waals surface area contributed by atoms with E-state index < -0.39 is 17.5 Å². The van der Waals surface area contributed by atoms with Gasteiger partial charge in [0.25, 0.3) is 11.7 Å². The van der Waals surface area contributed by atoms with Crippen LogP contribution in [0, 0.1) is 0 Å². The first-order chi connectivity index (χ1) is 14.0. The number of hydrogen-bond donors (Lipinski definition) is 3. The number of benzene rings is 2. The van der Waals surface area contributed by atoms with Crippen LogP contribution in [-0.4, -0.2) is 29.0 Å². The lowest BCUT2D eigenvalue weighted by Gasteiger charge is -2.25. The summed E-state index contributed by atoms with van der Waals surface area (Å²) in [5.74, 6) is -1.73. The molecule has 2 heterocycles. The molecule has 0 saturated heterocycles. The van der Waals surface area contributed by atoms with Gasteiger partial charge in [-0.15, -0.1) is 0 Å². The standard InChI is InChI=1S/C21H15ClN2O5/c1-28-24-20(26)18-17(11-25)29-21(27,13-6-8-14(22)9-7-13)19(18)16-10-12-4-2-3-5-15(12)23-16/h2-10,23,27H,1H3,(H,24,26). The molecule has 1 amide bonds. The minimum atomic E-state index is -2.13. The Kier molecular flexibility index (Phi) is 4.74. The number of carbonyl (C=O) groups excluding carboxylic acids is 2. The number of fused-ring (bicyclic) bond motifs is 1.